The van der Waals surface area contributed by atoms with E-state index in [9.17, 15) is 13.2 Å². The highest BCUT2D eigenvalue weighted by atomic mass is 32.2. The number of hydrogen-bond acceptors (Lipinski definition) is 4. The van der Waals surface area contributed by atoms with Crippen LogP contribution in [0.1, 0.15) is 28.8 Å². The number of pyridine rings is 1. The lowest BCUT2D eigenvalue weighted by Gasteiger charge is -2.10. The molecule has 0 saturated carbocycles. The van der Waals surface area contributed by atoms with Crippen LogP contribution in [-0.4, -0.2) is 25.9 Å². The zero-order chi connectivity index (χ0) is 22.3. The minimum absolute atomic E-state index is 0.000716. The van der Waals surface area contributed by atoms with Gasteiger partial charge in [0.1, 0.15) is 5.69 Å². The Hall–Kier alpha value is -3.47. The molecule has 0 unspecified atom stereocenters. The third kappa shape index (κ3) is 6.51. The SMILES string of the molecule is Cc1ccc(C)c(S(=O)(=O)NCCC(=O)Nc2cccc(C#Cc3ccccn3)c2)c1. The van der Waals surface area contributed by atoms with E-state index in [2.05, 4.69) is 26.9 Å². The summed E-state index contributed by atoms with van der Waals surface area (Å²) in [7, 11) is -3.68. The molecule has 1 amide bonds. The van der Waals surface area contributed by atoms with Gasteiger partial charge in [0, 0.05) is 30.4 Å². The van der Waals surface area contributed by atoms with E-state index in [1.807, 2.05) is 37.3 Å². The third-order valence-electron chi connectivity index (χ3n) is 4.42. The summed E-state index contributed by atoms with van der Waals surface area (Å²) in [5.74, 6) is 5.68. The molecule has 6 nitrogen and oxygen atoms in total. The molecule has 2 N–H and O–H groups in total. The first kappa shape index (κ1) is 22.2. The average Bonchev–Trinajstić information content (AvgIpc) is 2.75. The first-order chi connectivity index (χ1) is 14.8. The lowest BCUT2D eigenvalue weighted by Crippen LogP contribution is -2.28. The Labute approximate surface area is 182 Å². The van der Waals surface area contributed by atoms with Crippen molar-refractivity contribution in [1.29, 1.82) is 0 Å². The minimum atomic E-state index is -3.68. The van der Waals surface area contributed by atoms with E-state index in [0.717, 1.165) is 11.1 Å². The second kappa shape index (κ2) is 10.0. The zero-order valence-corrected chi connectivity index (χ0v) is 18.2. The molecule has 0 saturated heterocycles. The van der Waals surface area contributed by atoms with Crippen molar-refractivity contribution >= 4 is 21.6 Å². The molecular weight excluding hydrogens is 410 g/mol. The van der Waals surface area contributed by atoms with Gasteiger partial charge in [-0.2, -0.15) is 0 Å². The Morgan fingerprint density at radius 1 is 1.00 bits per heavy atom. The van der Waals surface area contributed by atoms with Crippen LogP contribution in [-0.2, 0) is 14.8 Å². The summed E-state index contributed by atoms with van der Waals surface area (Å²) in [6.45, 7) is 3.58. The van der Waals surface area contributed by atoms with Crippen molar-refractivity contribution in [3.8, 4) is 11.8 Å². The van der Waals surface area contributed by atoms with Gasteiger partial charge < -0.3 is 5.32 Å². The standard InChI is InChI=1S/C24H23N3O3S/c1-18-9-10-19(2)23(16-18)31(29,30)26-15-13-24(28)27-22-8-5-6-20(17-22)11-12-21-7-3-4-14-25-21/h3-10,14,16-17,26H,13,15H2,1-2H3,(H,27,28). The summed E-state index contributed by atoms with van der Waals surface area (Å²) in [5, 5.41) is 2.77. The quantitative estimate of drug-likeness (QED) is 0.583. The molecule has 3 aromatic rings. The van der Waals surface area contributed by atoms with E-state index >= 15 is 0 Å². The van der Waals surface area contributed by atoms with Crippen molar-refractivity contribution in [1.82, 2.24) is 9.71 Å². The smallest absolute Gasteiger partial charge is 0.240 e. The van der Waals surface area contributed by atoms with Gasteiger partial charge in [-0.15, -0.1) is 0 Å². The Kier molecular flexibility index (Phi) is 7.19. The van der Waals surface area contributed by atoms with Crippen LogP contribution in [0.15, 0.2) is 71.8 Å². The molecular formula is C24H23N3O3S. The molecule has 31 heavy (non-hydrogen) atoms. The second-order valence-electron chi connectivity index (χ2n) is 7.01. The van der Waals surface area contributed by atoms with Crippen LogP contribution in [0.3, 0.4) is 0 Å². The highest BCUT2D eigenvalue weighted by Gasteiger charge is 2.17. The normalized spacial score (nSPS) is 10.8. The van der Waals surface area contributed by atoms with E-state index in [1.54, 1.807) is 43.5 Å². The summed E-state index contributed by atoms with van der Waals surface area (Å²) >= 11 is 0. The van der Waals surface area contributed by atoms with Crippen molar-refractivity contribution in [3.63, 3.8) is 0 Å². The fourth-order valence-corrected chi connectivity index (χ4v) is 4.20. The lowest BCUT2D eigenvalue weighted by atomic mass is 10.2. The highest BCUT2D eigenvalue weighted by molar-refractivity contribution is 7.89. The van der Waals surface area contributed by atoms with Crippen LogP contribution in [0.4, 0.5) is 5.69 Å². The third-order valence-corrected chi connectivity index (χ3v) is 6.03. The van der Waals surface area contributed by atoms with E-state index in [4.69, 9.17) is 0 Å². The molecule has 0 fully saturated rings. The number of nitrogens with zero attached hydrogens (tertiary/aromatic N) is 1. The fraction of sp³-hybridized carbons (Fsp3) is 0.167. The van der Waals surface area contributed by atoms with E-state index < -0.39 is 10.0 Å². The Morgan fingerprint density at radius 3 is 2.61 bits per heavy atom. The Balaban J connectivity index is 1.57. The van der Waals surface area contributed by atoms with Gasteiger partial charge in [-0.05, 0) is 67.3 Å². The van der Waals surface area contributed by atoms with Crippen LogP contribution >= 0.6 is 0 Å². The van der Waals surface area contributed by atoms with E-state index in [0.29, 0.717) is 16.9 Å². The summed E-state index contributed by atoms with van der Waals surface area (Å²) in [6, 6.07) is 17.9. The Bertz CT molecular complexity index is 1240. The van der Waals surface area contributed by atoms with E-state index in [1.165, 1.54) is 0 Å². The molecule has 0 aliphatic carbocycles. The molecule has 0 atom stereocenters. The maximum Gasteiger partial charge on any atom is 0.240 e. The van der Waals surface area contributed by atoms with Gasteiger partial charge in [0.05, 0.1) is 4.90 Å². The molecule has 158 valence electrons. The predicted octanol–water partition coefficient (Wildman–Crippen LogP) is 3.41. The van der Waals surface area contributed by atoms with Gasteiger partial charge in [0.2, 0.25) is 15.9 Å². The number of carbonyl (C=O) groups is 1. The fourth-order valence-electron chi connectivity index (χ4n) is 2.84. The number of nitrogens with one attached hydrogen (secondary N) is 2. The number of hydrogen-bond donors (Lipinski definition) is 2. The van der Waals surface area contributed by atoms with Crippen molar-refractivity contribution in [2.24, 2.45) is 0 Å². The largest absolute Gasteiger partial charge is 0.326 e. The number of sulfonamides is 1. The van der Waals surface area contributed by atoms with Gasteiger partial charge in [0.25, 0.3) is 0 Å². The minimum Gasteiger partial charge on any atom is -0.326 e. The average molecular weight is 434 g/mol. The first-order valence-electron chi connectivity index (χ1n) is 9.73. The van der Waals surface area contributed by atoms with Gasteiger partial charge in [-0.3, -0.25) is 4.79 Å². The van der Waals surface area contributed by atoms with Crippen molar-refractivity contribution in [2.75, 3.05) is 11.9 Å². The van der Waals surface area contributed by atoms with Gasteiger partial charge >= 0.3 is 0 Å². The number of rotatable bonds is 6. The van der Waals surface area contributed by atoms with Crippen LogP contribution < -0.4 is 10.0 Å². The molecule has 1 aromatic heterocycles. The number of amides is 1. The first-order valence-corrected chi connectivity index (χ1v) is 11.2. The molecule has 2 aromatic carbocycles. The van der Waals surface area contributed by atoms with Gasteiger partial charge in [0.15, 0.2) is 0 Å². The number of anilines is 1. The molecule has 3 rings (SSSR count). The predicted molar refractivity (Wildman–Crippen MR) is 121 cm³/mol. The van der Waals surface area contributed by atoms with Crippen molar-refractivity contribution < 1.29 is 13.2 Å². The maximum atomic E-state index is 12.5. The van der Waals surface area contributed by atoms with E-state index in [-0.39, 0.29) is 23.8 Å². The summed E-state index contributed by atoms with van der Waals surface area (Å²) in [5.41, 5.74) is 3.50. The number of benzene rings is 2. The maximum absolute atomic E-state index is 12.5. The number of aromatic nitrogens is 1. The van der Waals surface area contributed by atoms with Crippen LogP contribution in [0.5, 0.6) is 0 Å². The monoisotopic (exact) mass is 433 g/mol. The topological polar surface area (TPSA) is 88.2 Å². The number of aryl methyl sites for hydroxylation is 2. The molecule has 0 bridgehead atoms. The van der Waals surface area contributed by atoms with Crippen molar-refractivity contribution in [2.45, 2.75) is 25.2 Å². The molecule has 0 aliphatic rings. The van der Waals surface area contributed by atoms with Crippen molar-refractivity contribution in [3.05, 3.63) is 89.2 Å². The van der Waals surface area contributed by atoms with Gasteiger partial charge in [-0.1, -0.05) is 30.2 Å². The summed E-state index contributed by atoms with van der Waals surface area (Å²) < 4.78 is 27.5. The van der Waals surface area contributed by atoms with Crippen LogP contribution in [0.2, 0.25) is 0 Å². The second-order valence-corrected chi connectivity index (χ2v) is 8.75. The molecule has 0 radical (unpaired) electrons. The summed E-state index contributed by atoms with van der Waals surface area (Å²) in [6.07, 6.45) is 1.68. The summed E-state index contributed by atoms with van der Waals surface area (Å²) in [4.78, 5) is 16.6. The lowest BCUT2D eigenvalue weighted by molar-refractivity contribution is -0.116. The molecule has 7 heteroatoms. The molecule has 0 spiro atoms. The molecule has 0 aliphatic heterocycles. The van der Waals surface area contributed by atoms with Crippen LogP contribution in [0.25, 0.3) is 0 Å². The highest BCUT2D eigenvalue weighted by Crippen LogP contribution is 2.16. The zero-order valence-electron chi connectivity index (χ0n) is 17.3. The molecule has 1 heterocycles. The Morgan fingerprint density at radius 2 is 1.84 bits per heavy atom. The number of carbonyl (C=O) groups excluding carboxylic acids is 1. The van der Waals surface area contributed by atoms with Crippen LogP contribution in [0, 0.1) is 25.7 Å². The van der Waals surface area contributed by atoms with Gasteiger partial charge in [-0.25, -0.2) is 18.1 Å².